The van der Waals surface area contributed by atoms with Gasteiger partial charge in [-0.3, -0.25) is 0 Å². The fraction of sp³-hybridized carbons (Fsp3) is 0.538. The quantitative estimate of drug-likeness (QED) is 0.862. The van der Waals surface area contributed by atoms with E-state index in [0.717, 1.165) is 32.7 Å². The first-order chi connectivity index (χ1) is 8.66. The van der Waals surface area contributed by atoms with Crippen LogP contribution in [-0.2, 0) is 6.42 Å². The van der Waals surface area contributed by atoms with Crippen molar-refractivity contribution in [2.24, 2.45) is 0 Å². The summed E-state index contributed by atoms with van der Waals surface area (Å²) in [6, 6.07) is 4.03. The number of benzene rings is 1. The Morgan fingerprint density at radius 1 is 1.28 bits per heavy atom. The van der Waals surface area contributed by atoms with Crippen LogP contribution in [0, 0.1) is 0 Å². The summed E-state index contributed by atoms with van der Waals surface area (Å²) in [7, 11) is 0. The molecule has 1 aliphatic rings. The summed E-state index contributed by atoms with van der Waals surface area (Å²) in [5, 5.41) is 12.9. The molecule has 0 saturated carbocycles. The fourth-order valence-corrected chi connectivity index (χ4v) is 2.15. The van der Waals surface area contributed by atoms with Gasteiger partial charge in [0.1, 0.15) is 5.75 Å². The Balaban J connectivity index is 1.97. The maximum Gasteiger partial charge on any atom is 0.263 e. The lowest BCUT2D eigenvalue weighted by Crippen LogP contribution is -2.44. The largest absolute Gasteiger partial charge is 0.508 e. The van der Waals surface area contributed by atoms with Crippen molar-refractivity contribution in [3.63, 3.8) is 0 Å². The molecular weight excluding hydrogens is 238 g/mol. The van der Waals surface area contributed by atoms with Gasteiger partial charge in [0.2, 0.25) is 0 Å². The summed E-state index contributed by atoms with van der Waals surface area (Å²) >= 11 is 0. The Hall–Kier alpha value is -1.20. The minimum atomic E-state index is -2.48. The lowest BCUT2D eigenvalue weighted by molar-refractivity contribution is 0.151. The first-order valence-corrected chi connectivity index (χ1v) is 6.20. The van der Waals surface area contributed by atoms with Gasteiger partial charge in [-0.1, -0.05) is 0 Å². The normalized spacial score (nSPS) is 17.3. The van der Waals surface area contributed by atoms with Gasteiger partial charge in [0.05, 0.1) is 0 Å². The van der Waals surface area contributed by atoms with Crippen LogP contribution in [0.2, 0.25) is 0 Å². The Labute approximate surface area is 105 Å². The monoisotopic (exact) mass is 256 g/mol. The van der Waals surface area contributed by atoms with E-state index in [-0.39, 0.29) is 11.3 Å². The molecule has 0 bridgehead atoms. The molecule has 2 N–H and O–H groups in total. The third-order valence-corrected chi connectivity index (χ3v) is 3.26. The first-order valence-electron chi connectivity index (χ1n) is 6.20. The Kier molecular flexibility index (Phi) is 4.49. The highest BCUT2D eigenvalue weighted by atomic mass is 19.3. The second kappa shape index (κ2) is 6.11. The van der Waals surface area contributed by atoms with Crippen molar-refractivity contribution in [2.45, 2.75) is 12.8 Å². The summed E-state index contributed by atoms with van der Waals surface area (Å²) in [6.07, 6.45) is -1.88. The lowest BCUT2D eigenvalue weighted by atomic mass is 10.1. The van der Waals surface area contributed by atoms with Gasteiger partial charge in [0.15, 0.2) is 0 Å². The van der Waals surface area contributed by atoms with Gasteiger partial charge < -0.3 is 15.3 Å². The maximum atomic E-state index is 12.6. The molecule has 0 atom stereocenters. The number of hydrogen-bond donors (Lipinski definition) is 2. The van der Waals surface area contributed by atoms with Crippen molar-refractivity contribution in [3.05, 3.63) is 29.3 Å². The van der Waals surface area contributed by atoms with Crippen LogP contribution in [0.4, 0.5) is 8.78 Å². The van der Waals surface area contributed by atoms with Crippen LogP contribution in [-0.4, -0.2) is 42.7 Å². The highest BCUT2D eigenvalue weighted by molar-refractivity contribution is 5.36. The molecule has 0 aromatic heterocycles. The molecule has 18 heavy (non-hydrogen) atoms. The Morgan fingerprint density at radius 2 is 2.00 bits per heavy atom. The van der Waals surface area contributed by atoms with Crippen molar-refractivity contribution in [3.8, 4) is 5.75 Å². The molecule has 0 unspecified atom stereocenters. The standard InChI is InChI=1S/C13H18F2N2O/c14-13(15)11-1-2-12(18)10(9-11)3-6-17-7-4-16-5-8-17/h1-2,9,13,16,18H,3-8H2. The highest BCUT2D eigenvalue weighted by Crippen LogP contribution is 2.25. The minimum absolute atomic E-state index is 0.0249. The molecule has 0 spiro atoms. The van der Waals surface area contributed by atoms with Gasteiger partial charge in [-0.25, -0.2) is 8.78 Å². The number of rotatable bonds is 4. The van der Waals surface area contributed by atoms with Gasteiger partial charge in [-0.15, -0.1) is 0 Å². The SMILES string of the molecule is Oc1ccc(C(F)F)cc1CCN1CCNCC1. The topological polar surface area (TPSA) is 35.5 Å². The molecule has 1 saturated heterocycles. The zero-order chi connectivity index (χ0) is 13.0. The number of hydrogen-bond acceptors (Lipinski definition) is 3. The molecule has 0 amide bonds. The molecule has 1 aliphatic heterocycles. The second-order valence-corrected chi connectivity index (χ2v) is 4.53. The van der Waals surface area contributed by atoms with Gasteiger partial charge in [-0.05, 0) is 30.2 Å². The Bertz CT molecular complexity index is 393. The van der Waals surface area contributed by atoms with Gasteiger partial charge in [0, 0.05) is 38.3 Å². The van der Waals surface area contributed by atoms with E-state index in [9.17, 15) is 13.9 Å². The van der Waals surface area contributed by atoms with Crippen LogP contribution >= 0.6 is 0 Å². The van der Waals surface area contributed by atoms with Crippen LogP contribution in [0.15, 0.2) is 18.2 Å². The zero-order valence-electron chi connectivity index (χ0n) is 10.2. The summed E-state index contributed by atoms with van der Waals surface area (Å²) in [5.74, 6) is 0.106. The van der Waals surface area contributed by atoms with E-state index >= 15 is 0 Å². The zero-order valence-corrected chi connectivity index (χ0v) is 10.2. The van der Waals surface area contributed by atoms with Crippen molar-refractivity contribution in [2.75, 3.05) is 32.7 Å². The predicted octanol–water partition coefficient (Wildman–Crippen LogP) is 1.78. The van der Waals surface area contributed by atoms with Crippen LogP contribution < -0.4 is 5.32 Å². The highest BCUT2D eigenvalue weighted by Gasteiger charge is 2.13. The molecule has 100 valence electrons. The van der Waals surface area contributed by atoms with E-state index in [2.05, 4.69) is 10.2 Å². The van der Waals surface area contributed by atoms with Crippen molar-refractivity contribution >= 4 is 0 Å². The summed E-state index contributed by atoms with van der Waals surface area (Å²) in [5.41, 5.74) is 0.578. The minimum Gasteiger partial charge on any atom is -0.508 e. The van der Waals surface area contributed by atoms with Crippen LogP contribution in [0.3, 0.4) is 0 Å². The number of phenols is 1. The molecular formula is C13H18F2N2O. The second-order valence-electron chi connectivity index (χ2n) is 4.53. The van der Waals surface area contributed by atoms with Crippen molar-refractivity contribution < 1.29 is 13.9 Å². The van der Waals surface area contributed by atoms with E-state index in [4.69, 9.17) is 0 Å². The van der Waals surface area contributed by atoms with E-state index in [0.29, 0.717) is 12.0 Å². The van der Waals surface area contributed by atoms with E-state index in [1.807, 2.05) is 0 Å². The summed E-state index contributed by atoms with van der Waals surface area (Å²) in [4.78, 5) is 2.27. The number of halogens is 2. The molecule has 2 rings (SSSR count). The number of aromatic hydroxyl groups is 1. The summed E-state index contributed by atoms with van der Waals surface area (Å²) in [6.45, 7) is 4.65. The van der Waals surface area contributed by atoms with E-state index < -0.39 is 6.43 Å². The smallest absolute Gasteiger partial charge is 0.263 e. The number of piperazine rings is 1. The average Bonchev–Trinajstić information content (AvgIpc) is 2.38. The molecule has 1 heterocycles. The van der Waals surface area contributed by atoms with Crippen LogP contribution in [0.25, 0.3) is 0 Å². The number of nitrogens with one attached hydrogen (secondary N) is 1. The molecule has 3 nitrogen and oxygen atoms in total. The summed E-state index contributed by atoms with van der Waals surface area (Å²) < 4.78 is 25.1. The number of phenolic OH excluding ortho intramolecular Hbond substituents is 1. The van der Waals surface area contributed by atoms with Crippen molar-refractivity contribution in [1.82, 2.24) is 10.2 Å². The Morgan fingerprint density at radius 3 is 2.67 bits per heavy atom. The van der Waals surface area contributed by atoms with E-state index in [1.54, 1.807) is 0 Å². The van der Waals surface area contributed by atoms with Crippen LogP contribution in [0.1, 0.15) is 17.6 Å². The van der Waals surface area contributed by atoms with Gasteiger partial charge in [-0.2, -0.15) is 0 Å². The first kappa shape index (κ1) is 13.2. The van der Waals surface area contributed by atoms with Crippen LogP contribution in [0.5, 0.6) is 5.75 Å². The molecule has 1 aromatic rings. The molecule has 0 radical (unpaired) electrons. The molecule has 5 heteroatoms. The molecule has 1 aromatic carbocycles. The van der Waals surface area contributed by atoms with Gasteiger partial charge >= 0.3 is 0 Å². The predicted molar refractivity (Wildman–Crippen MR) is 66.1 cm³/mol. The number of nitrogens with zero attached hydrogens (tertiary/aromatic N) is 1. The molecule has 0 aliphatic carbocycles. The maximum absolute atomic E-state index is 12.6. The fourth-order valence-electron chi connectivity index (χ4n) is 2.15. The third kappa shape index (κ3) is 3.40. The third-order valence-electron chi connectivity index (χ3n) is 3.26. The van der Waals surface area contributed by atoms with Crippen molar-refractivity contribution in [1.29, 1.82) is 0 Å². The average molecular weight is 256 g/mol. The van der Waals surface area contributed by atoms with Gasteiger partial charge in [0.25, 0.3) is 6.43 Å². The number of alkyl halides is 2. The molecule has 1 fully saturated rings. The van der Waals surface area contributed by atoms with E-state index in [1.165, 1.54) is 18.2 Å². The lowest BCUT2D eigenvalue weighted by Gasteiger charge is -2.27.